The predicted octanol–water partition coefficient (Wildman–Crippen LogP) is 1.35. The Bertz CT molecular complexity index is 643. The number of thiazole rings is 1. The molecule has 8 heteroatoms. The van der Waals surface area contributed by atoms with E-state index in [1.807, 2.05) is 12.3 Å². The zero-order chi connectivity index (χ0) is 16.2. The standard InChI is InChI=1S/C15H20N4O3S/c1-11-7-12(17-22-11)8-14(20)19(15-16-3-6-23-15)10-13-9-18(2)4-5-21-13/h3,6-7,13H,4-5,8-10H2,1-2H3/t13-/m1/s1. The predicted molar refractivity (Wildman–Crippen MR) is 86.6 cm³/mol. The van der Waals surface area contributed by atoms with Gasteiger partial charge in [-0.2, -0.15) is 0 Å². The van der Waals surface area contributed by atoms with Crippen LogP contribution < -0.4 is 4.90 Å². The van der Waals surface area contributed by atoms with E-state index in [0.717, 1.165) is 13.1 Å². The molecule has 1 atom stereocenters. The molecule has 1 aliphatic rings. The average Bonchev–Trinajstić information content (AvgIpc) is 3.17. The number of morpholine rings is 1. The van der Waals surface area contributed by atoms with Gasteiger partial charge in [0, 0.05) is 30.7 Å². The molecule has 0 unspecified atom stereocenters. The Labute approximate surface area is 138 Å². The second-order valence-electron chi connectivity index (χ2n) is 5.68. The van der Waals surface area contributed by atoms with Gasteiger partial charge in [0.25, 0.3) is 0 Å². The van der Waals surface area contributed by atoms with Crippen LogP contribution >= 0.6 is 11.3 Å². The molecule has 0 aliphatic carbocycles. The number of carbonyl (C=O) groups excluding carboxylic acids is 1. The van der Waals surface area contributed by atoms with E-state index < -0.39 is 0 Å². The third kappa shape index (κ3) is 4.15. The number of ether oxygens (including phenoxy) is 1. The van der Waals surface area contributed by atoms with Crippen LogP contribution in [0.2, 0.25) is 0 Å². The highest BCUT2D eigenvalue weighted by molar-refractivity contribution is 7.13. The zero-order valence-electron chi connectivity index (χ0n) is 13.3. The van der Waals surface area contributed by atoms with Gasteiger partial charge in [0.05, 0.1) is 31.4 Å². The number of rotatable bonds is 5. The van der Waals surface area contributed by atoms with Crippen molar-refractivity contribution in [1.29, 1.82) is 0 Å². The van der Waals surface area contributed by atoms with Gasteiger partial charge in [-0.15, -0.1) is 11.3 Å². The van der Waals surface area contributed by atoms with Crippen LogP contribution in [0.3, 0.4) is 0 Å². The van der Waals surface area contributed by atoms with Crippen molar-refractivity contribution < 1.29 is 14.1 Å². The lowest BCUT2D eigenvalue weighted by molar-refractivity contribution is -0.118. The van der Waals surface area contributed by atoms with Crippen LogP contribution in [-0.2, 0) is 16.0 Å². The highest BCUT2D eigenvalue weighted by Gasteiger charge is 2.26. The molecule has 124 valence electrons. The van der Waals surface area contributed by atoms with Crippen LogP contribution in [0.5, 0.6) is 0 Å². The number of hydrogen-bond acceptors (Lipinski definition) is 7. The minimum atomic E-state index is -0.0509. The monoisotopic (exact) mass is 336 g/mol. The van der Waals surface area contributed by atoms with Gasteiger partial charge in [-0.1, -0.05) is 5.16 Å². The molecule has 2 aromatic heterocycles. The summed E-state index contributed by atoms with van der Waals surface area (Å²) in [5.41, 5.74) is 0.635. The number of hydrogen-bond donors (Lipinski definition) is 0. The largest absolute Gasteiger partial charge is 0.374 e. The van der Waals surface area contributed by atoms with Gasteiger partial charge in [-0.25, -0.2) is 4.98 Å². The van der Waals surface area contributed by atoms with Crippen molar-refractivity contribution in [3.05, 3.63) is 29.1 Å². The fraction of sp³-hybridized carbons (Fsp3) is 0.533. The van der Waals surface area contributed by atoms with Crippen LogP contribution in [0.4, 0.5) is 5.13 Å². The van der Waals surface area contributed by atoms with Gasteiger partial charge in [-0.05, 0) is 14.0 Å². The normalized spacial score (nSPS) is 19.0. The van der Waals surface area contributed by atoms with E-state index in [1.165, 1.54) is 11.3 Å². The number of anilines is 1. The second-order valence-corrected chi connectivity index (χ2v) is 6.55. The molecule has 1 fully saturated rings. The Kier molecular flexibility index (Phi) is 5.04. The first-order valence-electron chi connectivity index (χ1n) is 7.54. The van der Waals surface area contributed by atoms with Crippen molar-refractivity contribution in [2.45, 2.75) is 19.4 Å². The Morgan fingerprint density at radius 1 is 1.57 bits per heavy atom. The average molecular weight is 336 g/mol. The molecule has 1 saturated heterocycles. The molecule has 0 radical (unpaired) electrons. The fourth-order valence-electron chi connectivity index (χ4n) is 2.57. The van der Waals surface area contributed by atoms with Gasteiger partial charge < -0.3 is 14.2 Å². The van der Waals surface area contributed by atoms with Crippen LogP contribution in [0.15, 0.2) is 22.2 Å². The molecule has 0 saturated carbocycles. The third-order valence-electron chi connectivity index (χ3n) is 3.69. The van der Waals surface area contributed by atoms with Crippen LogP contribution in [0.25, 0.3) is 0 Å². The van der Waals surface area contributed by atoms with Crippen molar-refractivity contribution >= 4 is 22.4 Å². The van der Waals surface area contributed by atoms with Gasteiger partial charge >= 0.3 is 0 Å². The van der Waals surface area contributed by atoms with Crippen molar-refractivity contribution in [1.82, 2.24) is 15.0 Å². The smallest absolute Gasteiger partial charge is 0.235 e. The molecule has 0 N–H and O–H groups in total. The van der Waals surface area contributed by atoms with Gasteiger partial charge in [-0.3, -0.25) is 9.69 Å². The molecule has 0 spiro atoms. The number of aryl methyl sites for hydroxylation is 1. The Morgan fingerprint density at radius 3 is 3.09 bits per heavy atom. The molecule has 0 bridgehead atoms. The number of likely N-dealkylation sites (N-methyl/N-ethyl adjacent to an activating group) is 1. The summed E-state index contributed by atoms with van der Waals surface area (Å²) in [6.07, 6.45) is 1.88. The molecule has 3 heterocycles. The van der Waals surface area contributed by atoms with Crippen molar-refractivity contribution in [2.75, 3.05) is 38.2 Å². The number of carbonyl (C=O) groups is 1. The van der Waals surface area contributed by atoms with Crippen molar-refractivity contribution in [3.8, 4) is 0 Å². The first-order valence-corrected chi connectivity index (χ1v) is 8.42. The lowest BCUT2D eigenvalue weighted by Crippen LogP contribution is -2.48. The van der Waals surface area contributed by atoms with E-state index in [9.17, 15) is 4.79 Å². The molecule has 1 aliphatic heterocycles. The van der Waals surface area contributed by atoms with Crippen LogP contribution in [0.1, 0.15) is 11.5 Å². The zero-order valence-corrected chi connectivity index (χ0v) is 14.1. The summed E-state index contributed by atoms with van der Waals surface area (Å²) in [6.45, 7) is 4.71. The lowest BCUT2D eigenvalue weighted by Gasteiger charge is -2.33. The molecular formula is C15H20N4O3S. The van der Waals surface area contributed by atoms with Crippen LogP contribution in [-0.4, -0.2) is 60.3 Å². The number of amides is 1. The maximum Gasteiger partial charge on any atom is 0.235 e. The third-order valence-corrected chi connectivity index (χ3v) is 4.48. The quantitative estimate of drug-likeness (QED) is 0.821. The molecule has 1 amide bonds. The van der Waals surface area contributed by atoms with Gasteiger partial charge in [0.2, 0.25) is 5.91 Å². The van der Waals surface area contributed by atoms with Gasteiger partial charge in [0.15, 0.2) is 5.13 Å². The second kappa shape index (κ2) is 7.20. The van der Waals surface area contributed by atoms with E-state index in [1.54, 1.807) is 17.2 Å². The summed E-state index contributed by atoms with van der Waals surface area (Å²) in [7, 11) is 2.06. The van der Waals surface area contributed by atoms with Crippen molar-refractivity contribution in [2.24, 2.45) is 0 Å². The van der Waals surface area contributed by atoms with E-state index in [2.05, 4.69) is 22.1 Å². The van der Waals surface area contributed by atoms with E-state index >= 15 is 0 Å². The first kappa shape index (κ1) is 16.1. The molecule has 7 nitrogen and oxygen atoms in total. The number of aromatic nitrogens is 2. The SMILES string of the molecule is Cc1cc(CC(=O)N(C[C@H]2CN(C)CCO2)c2nccs2)no1. The Balaban J connectivity index is 1.71. The fourth-order valence-corrected chi connectivity index (χ4v) is 3.24. The Hall–Kier alpha value is -1.77. The van der Waals surface area contributed by atoms with Gasteiger partial charge in [0.1, 0.15) is 5.76 Å². The maximum absolute atomic E-state index is 12.7. The summed E-state index contributed by atoms with van der Waals surface area (Å²) >= 11 is 1.45. The molecule has 3 rings (SSSR count). The molecule has 2 aromatic rings. The van der Waals surface area contributed by atoms with Crippen LogP contribution in [0, 0.1) is 6.92 Å². The minimum Gasteiger partial charge on any atom is -0.374 e. The highest BCUT2D eigenvalue weighted by atomic mass is 32.1. The summed E-state index contributed by atoms with van der Waals surface area (Å²) < 4.78 is 10.8. The molecular weight excluding hydrogens is 316 g/mol. The van der Waals surface area contributed by atoms with E-state index in [-0.39, 0.29) is 18.4 Å². The van der Waals surface area contributed by atoms with E-state index in [4.69, 9.17) is 9.26 Å². The van der Waals surface area contributed by atoms with Crippen molar-refractivity contribution in [3.63, 3.8) is 0 Å². The summed E-state index contributed by atoms with van der Waals surface area (Å²) in [5, 5.41) is 6.45. The Morgan fingerprint density at radius 2 is 2.43 bits per heavy atom. The summed E-state index contributed by atoms with van der Waals surface area (Å²) in [6, 6.07) is 1.78. The molecule has 0 aromatic carbocycles. The summed E-state index contributed by atoms with van der Waals surface area (Å²) in [5.74, 6) is 0.649. The molecule has 23 heavy (non-hydrogen) atoms. The maximum atomic E-state index is 12.7. The lowest BCUT2D eigenvalue weighted by atomic mass is 10.2. The highest BCUT2D eigenvalue weighted by Crippen LogP contribution is 2.20. The van der Waals surface area contributed by atoms with E-state index in [0.29, 0.717) is 29.7 Å². The minimum absolute atomic E-state index is 0.0133. The summed E-state index contributed by atoms with van der Waals surface area (Å²) in [4.78, 5) is 20.9. The number of nitrogens with zero attached hydrogens (tertiary/aromatic N) is 4. The first-order chi connectivity index (χ1) is 11.1. The topological polar surface area (TPSA) is 71.7 Å².